The van der Waals surface area contributed by atoms with Crippen LogP contribution >= 0.6 is 15.9 Å². The van der Waals surface area contributed by atoms with Crippen LogP contribution in [0.1, 0.15) is 23.2 Å². The van der Waals surface area contributed by atoms with Gasteiger partial charge in [0.1, 0.15) is 5.75 Å². The van der Waals surface area contributed by atoms with Gasteiger partial charge in [-0.3, -0.25) is 4.79 Å². The van der Waals surface area contributed by atoms with Crippen LogP contribution in [0.25, 0.3) is 0 Å². The molecule has 0 unspecified atom stereocenters. The molecule has 2 aliphatic rings. The number of piperidine rings is 1. The van der Waals surface area contributed by atoms with Crippen molar-refractivity contribution in [1.29, 1.82) is 0 Å². The molecule has 0 bridgehead atoms. The normalized spacial score (nSPS) is 19.0. The van der Waals surface area contributed by atoms with Gasteiger partial charge in [0.15, 0.2) is 0 Å². The van der Waals surface area contributed by atoms with E-state index in [9.17, 15) is 9.59 Å². The van der Waals surface area contributed by atoms with Gasteiger partial charge in [-0.2, -0.15) is 0 Å². The van der Waals surface area contributed by atoms with Crippen molar-refractivity contribution in [2.45, 2.75) is 18.9 Å². The third kappa shape index (κ3) is 3.29. The summed E-state index contributed by atoms with van der Waals surface area (Å²) in [7, 11) is 1.60. The summed E-state index contributed by atoms with van der Waals surface area (Å²) < 4.78 is 5.96. The molecule has 3 rings (SSSR count). The Morgan fingerprint density at radius 1 is 1.30 bits per heavy atom. The standard InChI is InChI=1S/C16H20BrN3O3/c1-23-14-3-2-11(10-13(14)17)15(21)19-7-4-12(5-8-19)20-9-6-18-16(20)22/h2-3,10,12H,4-9H2,1H3,(H,18,22). The Hall–Kier alpha value is -1.76. The van der Waals surface area contributed by atoms with E-state index in [1.165, 1.54) is 0 Å². The number of benzene rings is 1. The second-order valence-corrected chi connectivity index (χ2v) is 6.65. The maximum absolute atomic E-state index is 12.6. The number of urea groups is 1. The Kier molecular flexibility index (Phi) is 4.75. The molecule has 6 nitrogen and oxygen atoms in total. The molecule has 0 radical (unpaired) electrons. The number of rotatable bonds is 3. The monoisotopic (exact) mass is 381 g/mol. The first-order valence-electron chi connectivity index (χ1n) is 7.77. The highest BCUT2D eigenvalue weighted by Gasteiger charge is 2.32. The first kappa shape index (κ1) is 16.1. The molecule has 0 atom stereocenters. The van der Waals surface area contributed by atoms with E-state index in [0.717, 1.165) is 30.4 Å². The van der Waals surface area contributed by atoms with Gasteiger partial charge in [0.2, 0.25) is 0 Å². The summed E-state index contributed by atoms with van der Waals surface area (Å²) in [5.74, 6) is 0.734. The van der Waals surface area contributed by atoms with Gasteiger partial charge in [0, 0.05) is 37.8 Å². The van der Waals surface area contributed by atoms with Gasteiger partial charge in [-0.05, 0) is 47.0 Å². The quantitative estimate of drug-likeness (QED) is 0.871. The highest BCUT2D eigenvalue weighted by molar-refractivity contribution is 9.10. The molecule has 124 valence electrons. The minimum Gasteiger partial charge on any atom is -0.496 e. The minimum absolute atomic E-state index is 0.0221. The van der Waals surface area contributed by atoms with E-state index in [-0.39, 0.29) is 18.0 Å². The highest BCUT2D eigenvalue weighted by Crippen LogP contribution is 2.27. The maximum atomic E-state index is 12.6. The molecule has 2 fully saturated rings. The van der Waals surface area contributed by atoms with E-state index >= 15 is 0 Å². The van der Waals surface area contributed by atoms with Crippen LogP contribution in [0.15, 0.2) is 22.7 Å². The average Bonchev–Trinajstić information content (AvgIpc) is 3.00. The number of nitrogens with zero attached hydrogens (tertiary/aromatic N) is 2. The highest BCUT2D eigenvalue weighted by atomic mass is 79.9. The summed E-state index contributed by atoms with van der Waals surface area (Å²) in [5.41, 5.74) is 0.648. The van der Waals surface area contributed by atoms with Crippen LogP contribution in [0.3, 0.4) is 0 Å². The van der Waals surface area contributed by atoms with E-state index in [2.05, 4.69) is 21.2 Å². The van der Waals surface area contributed by atoms with Crippen molar-refractivity contribution in [2.24, 2.45) is 0 Å². The fourth-order valence-corrected chi connectivity index (χ4v) is 3.74. The lowest BCUT2D eigenvalue weighted by Gasteiger charge is -2.36. The molecule has 2 saturated heterocycles. The lowest BCUT2D eigenvalue weighted by molar-refractivity contribution is 0.0666. The van der Waals surface area contributed by atoms with Gasteiger partial charge in [-0.1, -0.05) is 0 Å². The Morgan fingerprint density at radius 2 is 2.04 bits per heavy atom. The number of carbonyl (C=O) groups excluding carboxylic acids is 2. The van der Waals surface area contributed by atoms with E-state index in [0.29, 0.717) is 24.4 Å². The van der Waals surface area contributed by atoms with Crippen LogP contribution in [0.4, 0.5) is 4.79 Å². The van der Waals surface area contributed by atoms with Crippen molar-refractivity contribution in [3.05, 3.63) is 28.2 Å². The number of amides is 3. The molecule has 7 heteroatoms. The van der Waals surface area contributed by atoms with Gasteiger partial charge in [0.25, 0.3) is 5.91 Å². The van der Waals surface area contributed by atoms with Gasteiger partial charge in [0.05, 0.1) is 11.6 Å². The molecule has 1 N–H and O–H groups in total. The lowest BCUT2D eigenvalue weighted by Crippen LogP contribution is -2.47. The van der Waals surface area contributed by atoms with Crippen molar-refractivity contribution in [3.63, 3.8) is 0 Å². The molecule has 3 amide bonds. The van der Waals surface area contributed by atoms with Crippen LogP contribution < -0.4 is 10.1 Å². The SMILES string of the molecule is COc1ccc(C(=O)N2CCC(N3CCNC3=O)CC2)cc1Br. The molecule has 2 aliphatic heterocycles. The fraction of sp³-hybridized carbons (Fsp3) is 0.500. The van der Waals surface area contributed by atoms with E-state index < -0.39 is 0 Å². The Morgan fingerprint density at radius 3 is 2.61 bits per heavy atom. The third-order valence-corrected chi connectivity index (χ3v) is 5.10. The summed E-state index contributed by atoms with van der Waals surface area (Å²) in [6, 6.07) is 5.63. The lowest BCUT2D eigenvalue weighted by atomic mass is 10.0. The summed E-state index contributed by atoms with van der Waals surface area (Å²) in [6.45, 7) is 2.84. The van der Waals surface area contributed by atoms with Gasteiger partial charge >= 0.3 is 6.03 Å². The zero-order valence-corrected chi connectivity index (χ0v) is 14.6. The molecular formula is C16H20BrN3O3. The molecule has 23 heavy (non-hydrogen) atoms. The smallest absolute Gasteiger partial charge is 0.317 e. The number of ether oxygens (including phenoxy) is 1. The molecule has 1 aromatic carbocycles. The number of hydrogen-bond acceptors (Lipinski definition) is 3. The Labute approximate surface area is 143 Å². The Balaban J connectivity index is 1.62. The van der Waals surface area contributed by atoms with Crippen molar-refractivity contribution in [1.82, 2.24) is 15.1 Å². The van der Waals surface area contributed by atoms with E-state index in [4.69, 9.17) is 4.74 Å². The number of hydrogen-bond donors (Lipinski definition) is 1. The summed E-state index contributed by atoms with van der Waals surface area (Å²) >= 11 is 3.41. The van der Waals surface area contributed by atoms with Crippen molar-refractivity contribution < 1.29 is 14.3 Å². The molecule has 0 aliphatic carbocycles. The van der Waals surface area contributed by atoms with Crippen molar-refractivity contribution in [2.75, 3.05) is 33.3 Å². The molecule has 0 aromatic heterocycles. The van der Waals surface area contributed by atoms with E-state index in [1.807, 2.05) is 9.80 Å². The molecule has 0 saturated carbocycles. The predicted octanol–water partition coefficient (Wildman–Crippen LogP) is 2.09. The number of carbonyl (C=O) groups is 2. The van der Waals surface area contributed by atoms with Crippen LogP contribution in [-0.2, 0) is 0 Å². The maximum Gasteiger partial charge on any atom is 0.317 e. The second kappa shape index (κ2) is 6.78. The molecule has 2 heterocycles. The van der Waals surface area contributed by atoms with Gasteiger partial charge in [-0.25, -0.2) is 4.79 Å². The minimum atomic E-state index is 0.0221. The topological polar surface area (TPSA) is 61.9 Å². The summed E-state index contributed by atoms with van der Waals surface area (Å²) in [5, 5.41) is 2.83. The average molecular weight is 382 g/mol. The number of likely N-dealkylation sites (tertiary alicyclic amines) is 1. The zero-order chi connectivity index (χ0) is 16.4. The summed E-state index contributed by atoms with van der Waals surface area (Å²) in [6.07, 6.45) is 1.66. The van der Waals surface area contributed by atoms with E-state index in [1.54, 1.807) is 25.3 Å². The zero-order valence-electron chi connectivity index (χ0n) is 13.0. The number of methoxy groups -OCH3 is 1. The molecule has 1 aromatic rings. The van der Waals surface area contributed by atoms with Gasteiger partial charge in [-0.15, -0.1) is 0 Å². The number of halogens is 1. The van der Waals surface area contributed by atoms with Crippen LogP contribution in [0, 0.1) is 0 Å². The summed E-state index contributed by atoms with van der Waals surface area (Å²) in [4.78, 5) is 28.1. The number of nitrogens with one attached hydrogen (secondary N) is 1. The molecular weight excluding hydrogens is 362 g/mol. The van der Waals surface area contributed by atoms with Crippen molar-refractivity contribution in [3.8, 4) is 5.75 Å². The fourth-order valence-electron chi connectivity index (χ4n) is 3.20. The first-order chi connectivity index (χ1) is 11.1. The van der Waals surface area contributed by atoms with Gasteiger partial charge < -0.3 is 19.9 Å². The Bertz CT molecular complexity index is 615. The van der Waals surface area contributed by atoms with Crippen LogP contribution in [0.2, 0.25) is 0 Å². The van der Waals surface area contributed by atoms with Crippen LogP contribution in [-0.4, -0.2) is 61.1 Å². The second-order valence-electron chi connectivity index (χ2n) is 5.80. The van der Waals surface area contributed by atoms with Crippen molar-refractivity contribution >= 4 is 27.9 Å². The third-order valence-electron chi connectivity index (χ3n) is 4.48. The van der Waals surface area contributed by atoms with Crippen LogP contribution in [0.5, 0.6) is 5.75 Å². The largest absolute Gasteiger partial charge is 0.496 e. The predicted molar refractivity (Wildman–Crippen MR) is 89.7 cm³/mol. The molecule has 0 spiro atoms. The first-order valence-corrected chi connectivity index (χ1v) is 8.56.